The number of aromatic nitrogens is 4. The summed E-state index contributed by atoms with van der Waals surface area (Å²) in [7, 11) is -4.44. The van der Waals surface area contributed by atoms with Crippen LogP contribution >= 0.6 is 58.0 Å². The number of benzene rings is 2. The molecule has 0 atom stereocenters. The van der Waals surface area contributed by atoms with Crippen molar-refractivity contribution in [2.45, 2.75) is 11.8 Å². The van der Waals surface area contributed by atoms with Crippen molar-refractivity contribution in [1.82, 2.24) is 19.9 Å². The standard InChI is InChI=1S/C24H14Cl5N5O4S/c1-12(35)21-23(28)32-16(9-30-21)13-5-7-14(8-6-13)34(11-17(36)22-24(29)33-19(26)10-31-22)39(37,38)18-4-2-3-15(25)20(18)27/h2-10H,11H2,1H3. The summed E-state index contributed by atoms with van der Waals surface area (Å²) in [5, 5.41) is -0.605. The van der Waals surface area contributed by atoms with Gasteiger partial charge in [-0.2, -0.15) is 0 Å². The maximum Gasteiger partial charge on any atom is 0.266 e. The van der Waals surface area contributed by atoms with Crippen LogP contribution in [0, 0.1) is 0 Å². The molecule has 0 saturated heterocycles. The van der Waals surface area contributed by atoms with Gasteiger partial charge < -0.3 is 0 Å². The van der Waals surface area contributed by atoms with Crippen molar-refractivity contribution in [3.05, 3.63) is 91.8 Å². The first kappa shape index (κ1) is 29.1. The average molecular weight is 646 g/mol. The molecule has 4 aromatic rings. The van der Waals surface area contributed by atoms with E-state index in [1.165, 1.54) is 43.5 Å². The number of anilines is 1. The van der Waals surface area contributed by atoms with Crippen LogP contribution in [0.25, 0.3) is 11.3 Å². The summed E-state index contributed by atoms with van der Waals surface area (Å²) < 4.78 is 28.4. The maximum absolute atomic E-state index is 13.8. The number of hydrogen-bond donors (Lipinski definition) is 0. The zero-order chi connectivity index (χ0) is 28.5. The Balaban J connectivity index is 1.78. The second-order valence-electron chi connectivity index (χ2n) is 7.82. The summed E-state index contributed by atoms with van der Waals surface area (Å²) in [6.45, 7) is 0.606. The second kappa shape index (κ2) is 11.7. The molecule has 0 radical (unpaired) electrons. The Morgan fingerprint density at radius 3 is 2.10 bits per heavy atom. The van der Waals surface area contributed by atoms with E-state index in [9.17, 15) is 18.0 Å². The molecule has 0 aliphatic carbocycles. The Morgan fingerprint density at radius 2 is 1.49 bits per heavy atom. The van der Waals surface area contributed by atoms with Crippen molar-refractivity contribution < 1.29 is 18.0 Å². The lowest BCUT2D eigenvalue weighted by Crippen LogP contribution is -2.36. The maximum atomic E-state index is 13.8. The molecule has 4 rings (SSSR count). The minimum Gasteiger partial charge on any atom is -0.293 e. The lowest BCUT2D eigenvalue weighted by molar-refractivity contribution is 0.0993. The van der Waals surface area contributed by atoms with E-state index < -0.39 is 22.4 Å². The summed E-state index contributed by atoms with van der Waals surface area (Å²) in [4.78, 5) is 40.3. The third-order valence-electron chi connectivity index (χ3n) is 5.25. The Labute approximate surface area is 247 Å². The van der Waals surface area contributed by atoms with Gasteiger partial charge in [0.05, 0.1) is 40.4 Å². The van der Waals surface area contributed by atoms with Gasteiger partial charge >= 0.3 is 0 Å². The van der Waals surface area contributed by atoms with Gasteiger partial charge in [0, 0.05) is 12.5 Å². The van der Waals surface area contributed by atoms with Gasteiger partial charge in [0.2, 0.25) is 5.78 Å². The van der Waals surface area contributed by atoms with Crippen LogP contribution in [0.15, 0.2) is 59.8 Å². The van der Waals surface area contributed by atoms with Crippen LogP contribution in [0.5, 0.6) is 0 Å². The second-order valence-corrected chi connectivity index (χ2v) is 11.5. The van der Waals surface area contributed by atoms with E-state index in [1.807, 2.05) is 0 Å². The number of Topliss-reactive ketones (excluding diaryl/α,β-unsaturated/α-hetero) is 2. The minimum atomic E-state index is -4.44. The first-order valence-electron chi connectivity index (χ1n) is 10.7. The lowest BCUT2D eigenvalue weighted by Gasteiger charge is -2.25. The number of halogens is 5. The van der Waals surface area contributed by atoms with Gasteiger partial charge in [0.15, 0.2) is 16.1 Å². The highest BCUT2D eigenvalue weighted by molar-refractivity contribution is 7.93. The van der Waals surface area contributed by atoms with Gasteiger partial charge in [-0.1, -0.05) is 76.2 Å². The molecule has 0 fully saturated rings. The van der Waals surface area contributed by atoms with Gasteiger partial charge in [0.25, 0.3) is 10.0 Å². The molecular formula is C24H14Cl5N5O4S. The van der Waals surface area contributed by atoms with Crippen LogP contribution in [-0.4, -0.2) is 46.5 Å². The van der Waals surface area contributed by atoms with Gasteiger partial charge in [0.1, 0.15) is 21.4 Å². The van der Waals surface area contributed by atoms with E-state index in [2.05, 4.69) is 19.9 Å². The number of carbonyl (C=O) groups is 2. The highest BCUT2D eigenvalue weighted by Gasteiger charge is 2.31. The first-order chi connectivity index (χ1) is 18.4. The minimum absolute atomic E-state index is 0.00967. The molecular weight excluding hydrogens is 632 g/mol. The number of nitrogens with zero attached hydrogens (tertiary/aromatic N) is 5. The number of hydrogen-bond acceptors (Lipinski definition) is 8. The van der Waals surface area contributed by atoms with Crippen molar-refractivity contribution in [3.63, 3.8) is 0 Å². The highest BCUT2D eigenvalue weighted by Crippen LogP contribution is 2.34. The molecule has 0 aliphatic rings. The first-order valence-corrected chi connectivity index (χ1v) is 14.0. The molecule has 0 saturated carbocycles. The van der Waals surface area contributed by atoms with Gasteiger partial charge in [-0.05, 0) is 24.3 Å². The Morgan fingerprint density at radius 1 is 0.846 bits per heavy atom. The molecule has 0 bridgehead atoms. The molecule has 0 spiro atoms. The number of sulfonamides is 1. The zero-order valence-electron chi connectivity index (χ0n) is 19.6. The van der Waals surface area contributed by atoms with Crippen LogP contribution in [0.3, 0.4) is 0 Å². The summed E-state index contributed by atoms with van der Waals surface area (Å²) >= 11 is 30.2. The number of rotatable bonds is 8. The molecule has 0 amide bonds. The molecule has 0 N–H and O–H groups in total. The third-order valence-corrected chi connectivity index (χ3v) is 8.71. The van der Waals surface area contributed by atoms with Gasteiger partial charge in [-0.3, -0.25) is 13.9 Å². The van der Waals surface area contributed by atoms with Crippen LogP contribution in [0.1, 0.15) is 27.9 Å². The summed E-state index contributed by atoms with van der Waals surface area (Å²) in [6, 6.07) is 10.1. The van der Waals surface area contributed by atoms with E-state index in [1.54, 1.807) is 12.1 Å². The number of carbonyl (C=O) groups excluding carboxylic acids is 2. The summed E-state index contributed by atoms with van der Waals surface area (Å²) in [5.41, 5.74) is 0.698. The van der Waals surface area contributed by atoms with Crippen molar-refractivity contribution in [3.8, 4) is 11.3 Å². The third kappa shape index (κ3) is 6.16. The fraction of sp³-hybridized carbons (Fsp3) is 0.0833. The predicted octanol–water partition coefficient (Wildman–Crippen LogP) is 6.48. The number of ketones is 2. The van der Waals surface area contributed by atoms with Crippen molar-refractivity contribution in [2.75, 3.05) is 10.8 Å². The fourth-order valence-corrected chi connectivity index (χ4v) is 6.25. The Bertz CT molecular complexity index is 1720. The summed E-state index contributed by atoms with van der Waals surface area (Å²) in [5.74, 6) is -1.10. The van der Waals surface area contributed by atoms with Crippen LogP contribution in [0.2, 0.25) is 25.5 Å². The highest BCUT2D eigenvalue weighted by atomic mass is 35.5. The average Bonchev–Trinajstić information content (AvgIpc) is 2.88. The molecule has 2 heterocycles. The fourth-order valence-electron chi connectivity index (χ4n) is 3.40. The topological polar surface area (TPSA) is 123 Å². The van der Waals surface area contributed by atoms with E-state index >= 15 is 0 Å². The normalized spacial score (nSPS) is 11.3. The van der Waals surface area contributed by atoms with Crippen LogP contribution < -0.4 is 4.31 Å². The van der Waals surface area contributed by atoms with Crippen molar-refractivity contribution in [1.29, 1.82) is 0 Å². The monoisotopic (exact) mass is 643 g/mol. The van der Waals surface area contributed by atoms with E-state index in [0.717, 1.165) is 10.5 Å². The molecule has 15 heteroatoms. The lowest BCUT2D eigenvalue weighted by atomic mass is 10.1. The predicted molar refractivity (Wildman–Crippen MR) is 150 cm³/mol. The quantitative estimate of drug-likeness (QED) is 0.200. The largest absolute Gasteiger partial charge is 0.293 e. The molecule has 0 aliphatic heterocycles. The Hall–Kier alpha value is -2.86. The van der Waals surface area contributed by atoms with Crippen LogP contribution in [0.4, 0.5) is 5.69 Å². The molecule has 2 aromatic carbocycles. The SMILES string of the molecule is CC(=O)c1ncc(-c2ccc(N(CC(=O)c3ncc(Cl)nc3Cl)S(=O)(=O)c3cccc(Cl)c3Cl)cc2)nc1Cl. The smallest absolute Gasteiger partial charge is 0.266 e. The Kier molecular flexibility index (Phi) is 8.75. The molecule has 200 valence electrons. The molecule has 9 nitrogen and oxygen atoms in total. The van der Waals surface area contributed by atoms with E-state index in [-0.39, 0.29) is 53.3 Å². The van der Waals surface area contributed by atoms with Crippen molar-refractivity contribution >= 4 is 85.3 Å². The van der Waals surface area contributed by atoms with Gasteiger partial charge in [-0.25, -0.2) is 28.4 Å². The van der Waals surface area contributed by atoms with E-state index in [4.69, 9.17) is 58.0 Å². The van der Waals surface area contributed by atoms with Crippen molar-refractivity contribution in [2.24, 2.45) is 0 Å². The molecule has 0 unspecified atom stereocenters. The van der Waals surface area contributed by atoms with Crippen LogP contribution in [-0.2, 0) is 10.0 Å². The summed E-state index contributed by atoms with van der Waals surface area (Å²) in [6.07, 6.45) is 2.48. The zero-order valence-corrected chi connectivity index (χ0v) is 24.2. The van der Waals surface area contributed by atoms with E-state index in [0.29, 0.717) is 11.3 Å². The molecule has 2 aromatic heterocycles. The molecule has 39 heavy (non-hydrogen) atoms. The van der Waals surface area contributed by atoms with Gasteiger partial charge in [-0.15, -0.1) is 0 Å².